The molecule has 0 saturated heterocycles. The Balaban J connectivity index is 1.84. The molecule has 0 bridgehead atoms. The standard InChI is InChI=1S/C17H14O2/c1-3-9-15(10-4-1)18-17(13-7-8-14-17)19-16-11-5-2-6-12-16/h1-14H. The zero-order valence-corrected chi connectivity index (χ0v) is 10.4. The van der Waals surface area contributed by atoms with Crippen LogP contribution < -0.4 is 9.47 Å². The molecular weight excluding hydrogens is 236 g/mol. The molecule has 0 heterocycles. The maximum absolute atomic E-state index is 5.97. The lowest BCUT2D eigenvalue weighted by Gasteiger charge is -2.27. The molecule has 0 N–H and O–H groups in total. The van der Waals surface area contributed by atoms with Crippen molar-refractivity contribution in [3.63, 3.8) is 0 Å². The maximum Gasteiger partial charge on any atom is 0.291 e. The van der Waals surface area contributed by atoms with E-state index >= 15 is 0 Å². The van der Waals surface area contributed by atoms with Crippen LogP contribution in [0.1, 0.15) is 0 Å². The van der Waals surface area contributed by atoms with Gasteiger partial charge in [0, 0.05) is 12.2 Å². The van der Waals surface area contributed by atoms with Gasteiger partial charge in [-0.25, -0.2) is 0 Å². The van der Waals surface area contributed by atoms with Gasteiger partial charge in [0.1, 0.15) is 11.5 Å². The van der Waals surface area contributed by atoms with Crippen LogP contribution >= 0.6 is 0 Å². The predicted molar refractivity (Wildman–Crippen MR) is 75.2 cm³/mol. The number of benzene rings is 2. The first-order valence-electron chi connectivity index (χ1n) is 6.22. The molecule has 2 aromatic rings. The normalized spacial score (nSPS) is 15.4. The second-order valence-electron chi connectivity index (χ2n) is 4.27. The van der Waals surface area contributed by atoms with Gasteiger partial charge in [-0.15, -0.1) is 0 Å². The van der Waals surface area contributed by atoms with Crippen molar-refractivity contribution in [2.24, 2.45) is 0 Å². The van der Waals surface area contributed by atoms with Gasteiger partial charge >= 0.3 is 0 Å². The van der Waals surface area contributed by atoms with Gasteiger partial charge in [0.25, 0.3) is 5.79 Å². The van der Waals surface area contributed by atoms with Crippen molar-refractivity contribution >= 4 is 0 Å². The Labute approximate surface area is 112 Å². The predicted octanol–water partition coefficient (Wildman–Crippen LogP) is 3.97. The Bertz CT molecular complexity index is 530. The smallest absolute Gasteiger partial charge is 0.291 e. The minimum atomic E-state index is -0.858. The van der Waals surface area contributed by atoms with Gasteiger partial charge in [-0.2, -0.15) is 0 Å². The van der Waals surface area contributed by atoms with E-state index in [2.05, 4.69) is 0 Å². The largest absolute Gasteiger partial charge is 0.445 e. The Morgan fingerprint density at radius 2 is 1.00 bits per heavy atom. The molecule has 0 saturated carbocycles. The van der Waals surface area contributed by atoms with Crippen LogP contribution in [0, 0.1) is 0 Å². The molecule has 1 aliphatic rings. The topological polar surface area (TPSA) is 18.5 Å². The highest BCUT2D eigenvalue weighted by atomic mass is 16.7. The summed E-state index contributed by atoms with van der Waals surface area (Å²) in [6.07, 6.45) is 7.64. The van der Waals surface area contributed by atoms with Gasteiger partial charge in [-0.05, 0) is 24.3 Å². The van der Waals surface area contributed by atoms with E-state index in [1.807, 2.05) is 85.0 Å². The molecule has 3 rings (SSSR count). The molecule has 1 aliphatic carbocycles. The van der Waals surface area contributed by atoms with E-state index in [0.717, 1.165) is 11.5 Å². The van der Waals surface area contributed by atoms with E-state index in [1.165, 1.54) is 0 Å². The summed E-state index contributed by atoms with van der Waals surface area (Å²) in [6.45, 7) is 0. The van der Waals surface area contributed by atoms with E-state index in [1.54, 1.807) is 0 Å². The van der Waals surface area contributed by atoms with Crippen molar-refractivity contribution in [1.82, 2.24) is 0 Å². The number of ether oxygens (including phenoxy) is 2. The molecule has 0 spiro atoms. The highest BCUT2D eigenvalue weighted by Crippen LogP contribution is 2.27. The fourth-order valence-corrected chi connectivity index (χ4v) is 1.94. The Hall–Kier alpha value is -2.48. The molecule has 19 heavy (non-hydrogen) atoms. The van der Waals surface area contributed by atoms with Gasteiger partial charge < -0.3 is 9.47 Å². The fourth-order valence-electron chi connectivity index (χ4n) is 1.94. The van der Waals surface area contributed by atoms with Crippen molar-refractivity contribution in [2.45, 2.75) is 5.79 Å². The van der Waals surface area contributed by atoms with Crippen LogP contribution in [-0.2, 0) is 0 Å². The molecule has 0 unspecified atom stereocenters. The molecule has 2 heteroatoms. The molecular formula is C17H14O2. The summed E-state index contributed by atoms with van der Waals surface area (Å²) in [4.78, 5) is 0. The average molecular weight is 250 g/mol. The lowest BCUT2D eigenvalue weighted by molar-refractivity contribution is -0.0256. The molecule has 2 nitrogen and oxygen atoms in total. The van der Waals surface area contributed by atoms with Crippen molar-refractivity contribution in [3.8, 4) is 11.5 Å². The molecule has 0 aliphatic heterocycles. The van der Waals surface area contributed by atoms with Crippen LogP contribution in [0.25, 0.3) is 0 Å². The number of allylic oxidation sites excluding steroid dienone is 2. The quantitative estimate of drug-likeness (QED) is 0.764. The number of rotatable bonds is 4. The highest BCUT2D eigenvalue weighted by molar-refractivity contribution is 5.33. The first kappa shape index (κ1) is 11.6. The van der Waals surface area contributed by atoms with E-state index in [9.17, 15) is 0 Å². The van der Waals surface area contributed by atoms with Crippen molar-refractivity contribution in [1.29, 1.82) is 0 Å². The van der Waals surface area contributed by atoms with Gasteiger partial charge in [-0.3, -0.25) is 0 Å². The van der Waals surface area contributed by atoms with Crippen LogP contribution in [-0.4, -0.2) is 5.79 Å². The van der Waals surface area contributed by atoms with Crippen molar-refractivity contribution in [2.75, 3.05) is 0 Å². The minimum absolute atomic E-state index is 0.773. The first-order chi connectivity index (χ1) is 9.36. The Kier molecular flexibility index (Phi) is 3.07. The molecule has 2 aromatic carbocycles. The SMILES string of the molecule is C1=CC(Oc2ccccc2)(Oc2ccccc2)C=C1. The summed E-state index contributed by atoms with van der Waals surface area (Å²) in [7, 11) is 0. The van der Waals surface area contributed by atoms with Crippen LogP contribution in [0.15, 0.2) is 85.0 Å². The number of para-hydroxylation sites is 2. The molecule has 0 amide bonds. The third-order valence-electron chi connectivity index (χ3n) is 2.81. The zero-order valence-electron chi connectivity index (χ0n) is 10.4. The lowest BCUT2D eigenvalue weighted by atomic mass is 10.2. The van der Waals surface area contributed by atoms with Crippen LogP contribution in [0.5, 0.6) is 11.5 Å². The lowest BCUT2D eigenvalue weighted by Crippen LogP contribution is -2.37. The van der Waals surface area contributed by atoms with Crippen molar-refractivity contribution < 1.29 is 9.47 Å². The van der Waals surface area contributed by atoms with Gasteiger partial charge in [0.05, 0.1) is 0 Å². The average Bonchev–Trinajstić information content (AvgIpc) is 2.89. The van der Waals surface area contributed by atoms with E-state index < -0.39 is 5.79 Å². The molecule has 94 valence electrons. The van der Waals surface area contributed by atoms with Crippen molar-refractivity contribution in [3.05, 3.63) is 85.0 Å². The third-order valence-corrected chi connectivity index (χ3v) is 2.81. The summed E-state index contributed by atoms with van der Waals surface area (Å²) in [5.74, 6) is 0.687. The molecule has 0 atom stereocenters. The first-order valence-corrected chi connectivity index (χ1v) is 6.22. The summed E-state index contributed by atoms with van der Waals surface area (Å²) in [5.41, 5.74) is 0. The number of hydrogen-bond acceptors (Lipinski definition) is 2. The van der Waals surface area contributed by atoms with E-state index in [0.29, 0.717) is 0 Å². The van der Waals surface area contributed by atoms with E-state index in [4.69, 9.17) is 9.47 Å². The Morgan fingerprint density at radius 3 is 1.42 bits per heavy atom. The van der Waals surface area contributed by atoms with Crippen LogP contribution in [0.3, 0.4) is 0 Å². The van der Waals surface area contributed by atoms with E-state index in [-0.39, 0.29) is 0 Å². The summed E-state index contributed by atoms with van der Waals surface area (Å²) >= 11 is 0. The second-order valence-corrected chi connectivity index (χ2v) is 4.27. The molecule has 0 radical (unpaired) electrons. The van der Waals surface area contributed by atoms with Gasteiger partial charge in [0.15, 0.2) is 0 Å². The Morgan fingerprint density at radius 1 is 0.579 bits per heavy atom. The number of hydrogen-bond donors (Lipinski definition) is 0. The summed E-state index contributed by atoms with van der Waals surface area (Å²) in [6, 6.07) is 19.3. The molecule has 0 aromatic heterocycles. The second kappa shape index (κ2) is 5.02. The summed E-state index contributed by atoms with van der Waals surface area (Å²) < 4.78 is 11.9. The minimum Gasteiger partial charge on any atom is -0.445 e. The maximum atomic E-state index is 5.97. The zero-order chi connectivity index (χ0) is 13.0. The van der Waals surface area contributed by atoms with Crippen LogP contribution in [0.4, 0.5) is 0 Å². The fraction of sp³-hybridized carbons (Fsp3) is 0.0588. The molecule has 0 fully saturated rings. The van der Waals surface area contributed by atoms with Crippen LogP contribution in [0.2, 0.25) is 0 Å². The summed E-state index contributed by atoms with van der Waals surface area (Å²) in [5, 5.41) is 0. The monoisotopic (exact) mass is 250 g/mol. The third kappa shape index (κ3) is 2.68. The van der Waals surface area contributed by atoms with Gasteiger partial charge in [0.2, 0.25) is 0 Å². The van der Waals surface area contributed by atoms with Gasteiger partial charge in [-0.1, -0.05) is 48.6 Å². The highest BCUT2D eigenvalue weighted by Gasteiger charge is 2.30.